The molecule has 0 spiro atoms. The molecule has 100 valence electrons. The van der Waals surface area contributed by atoms with Gasteiger partial charge in [0.25, 0.3) is 0 Å². The Kier molecular flexibility index (Phi) is 4.12. The highest BCUT2D eigenvalue weighted by Gasteiger charge is 2.05. The second kappa shape index (κ2) is 5.99. The number of nitrogens with two attached hydrogens (primary N) is 1. The average molecular weight is 259 g/mol. The zero-order valence-electron chi connectivity index (χ0n) is 10.8. The van der Waals surface area contributed by atoms with Crippen molar-refractivity contribution >= 4 is 17.5 Å². The molecular weight excluding hydrogens is 242 g/mol. The molecule has 0 fully saturated rings. The highest BCUT2D eigenvalue weighted by molar-refractivity contribution is 5.90. The van der Waals surface area contributed by atoms with Gasteiger partial charge in [0.1, 0.15) is 12.9 Å². The lowest BCUT2D eigenvalue weighted by molar-refractivity contribution is -0.116. The maximum absolute atomic E-state index is 11.8. The number of hydrogen-bond donors (Lipinski definition) is 2. The summed E-state index contributed by atoms with van der Waals surface area (Å²) < 4.78 is 1.40. The van der Waals surface area contributed by atoms with Gasteiger partial charge in [-0.05, 0) is 24.1 Å². The summed E-state index contributed by atoms with van der Waals surface area (Å²) in [5, 5.41) is 6.65. The van der Waals surface area contributed by atoms with E-state index in [1.807, 2.05) is 24.3 Å². The molecule has 0 unspecified atom stereocenters. The molecule has 0 atom stereocenters. The number of benzene rings is 1. The lowest BCUT2D eigenvalue weighted by Gasteiger charge is -2.06. The van der Waals surface area contributed by atoms with Gasteiger partial charge < -0.3 is 11.1 Å². The standard InChI is InChI=1S/C13H17N5O/c1-2-3-10-4-6-11(7-5-10)16-12(19)8-18-9-15-13(14)17-18/h4-7,9H,2-3,8H2,1H3,(H2,14,17)(H,16,19). The molecule has 0 aliphatic heterocycles. The van der Waals surface area contributed by atoms with Gasteiger partial charge >= 0.3 is 0 Å². The quantitative estimate of drug-likeness (QED) is 0.851. The van der Waals surface area contributed by atoms with Crippen molar-refractivity contribution in [3.63, 3.8) is 0 Å². The largest absolute Gasteiger partial charge is 0.367 e. The van der Waals surface area contributed by atoms with Crippen LogP contribution in [-0.2, 0) is 17.8 Å². The van der Waals surface area contributed by atoms with E-state index in [-0.39, 0.29) is 18.4 Å². The van der Waals surface area contributed by atoms with Crippen molar-refractivity contribution in [3.05, 3.63) is 36.2 Å². The monoisotopic (exact) mass is 259 g/mol. The van der Waals surface area contributed by atoms with Crippen LogP contribution in [0.25, 0.3) is 0 Å². The number of nitrogens with one attached hydrogen (secondary N) is 1. The molecule has 3 N–H and O–H groups in total. The van der Waals surface area contributed by atoms with Gasteiger partial charge in [-0.2, -0.15) is 0 Å². The lowest BCUT2D eigenvalue weighted by Crippen LogP contribution is -2.19. The molecule has 6 heteroatoms. The zero-order valence-corrected chi connectivity index (χ0v) is 10.8. The number of aryl methyl sites for hydroxylation is 1. The van der Waals surface area contributed by atoms with Crippen LogP contribution in [0, 0.1) is 0 Å². The number of rotatable bonds is 5. The molecule has 0 saturated heterocycles. The van der Waals surface area contributed by atoms with Crippen LogP contribution < -0.4 is 11.1 Å². The Bertz CT molecular complexity index is 546. The van der Waals surface area contributed by atoms with E-state index >= 15 is 0 Å². The van der Waals surface area contributed by atoms with Gasteiger partial charge in [-0.3, -0.25) is 4.79 Å². The minimum absolute atomic E-state index is 0.0981. The summed E-state index contributed by atoms with van der Waals surface area (Å²) in [6, 6.07) is 7.84. The minimum Gasteiger partial charge on any atom is -0.367 e. The van der Waals surface area contributed by atoms with E-state index in [2.05, 4.69) is 22.3 Å². The number of carbonyl (C=O) groups is 1. The first-order valence-electron chi connectivity index (χ1n) is 6.21. The number of nitrogen functional groups attached to an aromatic ring is 1. The summed E-state index contributed by atoms with van der Waals surface area (Å²) in [4.78, 5) is 15.5. The maximum atomic E-state index is 11.8. The van der Waals surface area contributed by atoms with Crippen LogP contribution in [0.4, 0.5) is 11.6 Å². The number of aromatic nitrogens is 3. The topological polar surface area (TPSA) is 85.8 Å². The van der Waals surface area contributed by atoms with Crippen molar-refractivity contribution in [2.75, 3.05) is 11.1 Å². The first kappa shape index (κ1) is 13.1. The minimum atomic E-state index is -0.159. The molecular formula is C13H17N5O. The Morgan fingerprint density at radius 1 is 1.37 bits per heavy atom. The zero-order chi connectivity index (χ0) is 13.7. The number of carbonyl (C=O) groups excluding carboxylic acids is 1. The second-order valence-corrected chi connectivity index (χ2v) is 4.30. The SMILES string of the molecule is CCCc1ccc(NC(=O)Cn2cnc(N)n2)cc1. The first-order valence-corrected chi connectivity index (χ1v) is 6.21. The molecule has 0 aliphatic rings. The lowest BCUT2D eigenvalue weighted by atomic mass is 10.1. The Morgan fingerprint density at radius 3 is 2.68 bits per heavy atom. The van der Waals surface area contributed by atoms with Crippen molar-refractivity contribution in [1.29, 1.82) is 0 Å². The molecule has 1 amide bonds. The van der Waals surface area contributed by atoms with Crippen molar-refractivity contribution in [2.45, 2.75) is 26.3 Å². The van der Waals surface area contributed by atoms with E-state index in [0.717, 1.165) is 18.5 Å². The van der Waals surface area contributed by atoms with Crippen molar-refractivity contribution < 1.29 is 4.79 Å². The third-order valence-corrected chi connectivity index (χ3v) is 2.64. The van der Waals surface area contributed by atoms with Crippen molar-refractivity contribution in [3.8, 4) is 0 Å². The molecule has 2 aromatic rings. The predicted molar refractivity (Wildman–Crippen MR) is 73.5 cm³/mol. The van der Waals surface area contributed by atoms with Gasteiger partial charge in [-0.15, -0.1) is 5.10 Å². The summed E-state index contributed by atoms with van der Waals surface area (Å²) in [5.41, 5.74) is 7.42. The van der Waals surface area contributed by atoms with Crippen molar-refractivity contribution in [2.24, 2.45) is 0 Å². The predicted octanol–water partition coefficient (Wildman–Crippen LogP) is 1.45. The normalized spacial score (nSPS) is 10.4. The number of nitrogens with zero attached hydrogens (tertiary/aromatic N) is 3. The van der Waals surface area contributed by atoms with Gasteiger partial charge in [0.15, 0.2) is 0 Å². The highest BCUT2D eigenvalue weighted by Crippen LogP contribution is 2.11. The van der Waals surface area contributed by atoms with Crippen LogP contribution in [0.5, 0.6) is 0 Å². The number of amides is 1. The van der Waals surface area contributed by atoms with E-state index in [0.29, 0.717) is 0 Å². The Balaban J connectivity index is 1.91. The summed E-state index contributed by atoms with van der Waals surface area (Å²) in [6.07, 6.45) is 3.59. The Morgan fingerprint density at radius 2 is 2.11 bits per heavy atom. The molecule has 1 aromatic heterocycles. The van der Waals surface area contributed by atoms with E-state index in [1.54, 1.807) is 0 Å². The maximum Gasteiger partial charge on any atom is 0.246 e. The Labute approximate surface area is 111 Å². The Hall–Kier alpha value is -2.37. The third kappa shape index (κ3) is 3.80. The van der Waals surface area contributed by atoms with Crippen LogP contribution in [0.1, 0.15) is 18.9 Å². The van der Waals surface area contributed by atoms with Crippen molar-refractivity contribution in [1.82, 2.24) is 14.8 Å². The summed E-state index contributed by atoms with van der Waals surface area (Å²) >= 11 is 0. The van der Waals surface area contributed by atoms with Crippen LogP contribution >= 0.6 is 0 Å². The molecule has 2 rings (SSSR count). The van der Waals surface area contributed by atoms with Gasteiger partial charge in [-0.25, -0.2) is 9.67 Å². The molecule has 0 aliphatic carbocycles. The first-order chi connectivity index (χ1) is 9.17. The van der Waals surface area contributed by atoms with E-state index in [9.17, 15) is 4.79 Å². The fraction of sp³-hybridized carbons (Fsp3) is 0.308. The van der Waals surface area contributed by atoms with E-state index in [4.69, 9.17) is 5.73 Å². The molecule has 0 radical (unpaired) electrons. The fourth-order valence-corrected chi connectivity index (χ4v) is 1.78. The smallest absolute Gasteiger partial charge is 0.246 e. The van der Waals surface area contributed by atoms with Gasteiger partial charge in [0.2, 0.25) is 11.9 Å². The molecule has 0 bridgehead atoms. The molecule has 0 saturated carbocycles. The number of anilines is 2. The average Bonchev–Trinajstić information content (AvgIpc) is 2.77. The third-order valence-electron chi connectivity index (χ3n) is 2.64. The van der Waals surface area contributed by atoms with Gasteiger partial charge in [0, 0.05) is 5.69 Å². The van der Waals surface area contributed by atoms with Crippen LogP contribution in [0.15, 0.2) is 30.6 Å². The van der Waals surface area contributed by atoms with Crippen LogP contribution in [0.3, 0.4) is 0 Å². The van der Waals surface area contributed by atoms with Gasteiger partial charge in [0.05, 0.1) is 0 Å². The summed E-state index contributed by atoms with van der Waals surface area (Å²) in [7, 11) is 0. The van der Waals surface area contributed by atoms with Crippen LogP contribution in [0.2, 0.25) is 0 Å². The van der Waals surface area contributed by atoms with Crippen LogP contribution in [-0.4, -0.2) is 20.7 Å². The molecule has 19 heavy (non-hydrogen) atoms. The van der Waals surface area contributed by atoms with Gasteiger partial charge in [-0.1, -0.05) is 25.5 Å². The van der Waals surface area contributed by atoms with E-state index < -0.39 is 0 Å². The summed E-state index contributed by atoms with van der Waals surface area (Å²) in [6.45, 7) is 2.24. The second-order valence-electron chi connectivity index (χ2n) is 4.30. The highest BCUT2D eigenvalue weighted by atomic mass is 16.2. The number of hydrogen-bond acceptors (Lipinski definition) is 4. The molecule has 6 nitrogen and oxygen atoms in total. The fourth-order valence-electron chi connectivity index (χ4n) is 1.78. The molecule has 1 aromatic carbocycles. The van der Waals surface area contributed by atoms with E-state index in [1.165, 1.54) is 16.6 Å². The molecule has 1 heterocycles. The summed E-state index contributed by atoms with van der Waals surface area (Å²) in [5.74, 6) is 0.00450.